The van der Waals surface area contributed by atoms with Crippen LogP contribution in [0.2, 0.25) is 0 Å². The van der Waals surface area contributed by atoms with E-state index >= 15 is 0 Å². The monoisotopic (exact) mass is 291 g/mol. The summed E-state index contributed by atoms with van der Waals surface area (Å²) in [5.74, 6) is -2.44. The molecule has 2 aromatic carbocycles. The molecule has 0 saturated carbocycles. The van der Waals surface area contributed by atoms with Crippen LogP contribution in [0.4, 0.5) is 8.78 Å². The number of aromatic hydroxyl groups is 2. The van der Waals surface area contributed by atoms with Gasteiger partial charge in [0.2, 0.25) is 0 Å². The van der Waals surface area contributed by atoms with Crippen LogP contribution < -0.4 is 0 Å². The van der Waals surface area contributed by atoms with Gasteiger partial charge in [-0.1, -0.05) is 6.07 Å². The normalized spacial score (nSPS) is 13.6. The average molecular weight is 291 g/mol. The standard InChI is InChI=1S/C15H11F2NO3/c16-9-2-1-8(12(17)5-9)6-18-7-11-10(15(18)21)3-4-13(19)14(11)20/h1-5,19-20H,6-7H2. The molecule has 0 aliphatic carbocycles. The molecule has 0 atom stereocenters. The number of halogens is 2. The van der Waals surface area contributed by atoms with Gasteiger partial charge in [0.25, 0.3) is 5.91 Å². The molecule has 4 nitrogen and oxygen atoms in total. The van der Waals surface area contributed by atoms with E-state index in [4.69, 9.17) is 0 Å². The zero-order valence-electron chi connectivity index (χ0n) is 10.8. The summed E-state index contributed by atoms with van der Waals surface area (Å²) in [6, 6.07) is 5.79. The van der Waals surface area contributed by atoms with Crippen molar-refractivity contribution in [2.45, 2.75) is 13.1 Å². The van der Waals surface area contributed by atoms with Crippen molar-refractivity contribution in [2.24, 2.45) is 0 Å². The van der Waals surface area contributed by atoms with E-state index < -0.39 is 11.6 Å². The summed E-state index contributed by atoms with van der Waals surface area (Å²) in [6.45, 7) is 0.0189. The lowest BCUT2D eigenvalue weighted by molar-refractivity contribution is 0.0765. The molecule has 108 valence electrons. The summed E-state index contributed by atoms with van der Waals surface area (Å²) < 4.78 is 26.5. The maximum atomic E-state index is 13.6. The van der Waals surface area contributed by atoms with Gasteiger partial charge in [-0.25, -0.2) is 8.78 Å². The van der Waals surface area contributed by atoms with Crippen LogP contribution in [-0.4, -0.2) is 21.0 Å². The lowest BCUT2D eigenvalue weighted by Gasteiger charge is -2.16. The molecule has 6 heteroatoms. The van der Waals surface area contributed by atoms with Gasteiger partial charge in [0, 0.05) is 29.3 Å². The van der Waals surface area contributed by atoms with Crippen LogP contribution in [0.25, 0.3) is 0 Å². The lowest BCUT2D eigenvalue weighted by atomic mass is 10.1. The van der Waals surface area contributed by atoms with Gasteiger partial charge in [-0.3, -0.25) is 4.79 Å². The number of fused-ring (bicyclic) bond motifs is 1. The fraction of sp³-hybridized carbons (Fsp3) is 0.133. The first-order valence-electron chi connectivity index (χ1n) is 6.24. The number of carbonyl (C=O) groups is 1. The van der Waals surface area contributed by atoms with Crippen LogP contribution in [0.3, 0.4) is 0 Å². The van der Waals surface area contributed by atoms with Crippen molar-refractivity contribution >= 4 is 5.91 Å². The van der Waals surface area contributed by atoms with E-state index in [-0.39, 0.29) is 41.6 Å². The Morgan fingerprint density at radius 1 is 1.14 bits per heavy atom. The van der Waals surface area contributed by atoms with Crippen LogP contribution >= 0.6 is 0 Å². The van der Waals surface area contributed by atoms with Crippen molar-refractivity contribution in [1.82, 2.24) is 4.90 Å². The molecule has 0 bridgehead atoms. The number of phenolic OH excluding ortho intramolecular Hbond substituents is 2. The third kappa shape index (κ3) is 2.18. The Morgan fingerprint density at radius 2 is 1.90 bits per heavy atom. The Kier molecular flexibility index (Phi) is 3.01. The molecule has 1 aliphatic rings. The molecule has 21 heavy (non-hydrogen) atoms. The lowest BCUT2D eigenvalue weighted by Crippen LogP contribution is -2.23. The number of hydrogen-bond donors (Lipinski definition) is 2. The molecule has 0 fully saturated rings. The van der Waals surface area contributed by atoms with E-state index in [1.165, 1.54) is 23.1 Å². The molecule has 0 radical (unpaired) electrons. The molecule has 2 N–H and O–H groups in total. The Hall–Kier alpha value is -2.63. The second-order valence-corrected chi connectivity index (χ2v) is 4.86. The number of amides is 1. The molecule has 3 rings (SSSR count). The highest BCUT2D eigenvalue weighted by molar-refractivity contribution is 5.99. The summed E-state index contributed by atoms with van der Waals surface area (Å²) >= 11 is 0. The molecule has 1 aliphatic heterocycles. The summed E-state index contributed by atoms with van der Waals surface area (Å²) in [4.78, 5) is 13.5. The fourth-order valence-electron chi connectivity index (χ4n) is 2.40. The van der Waals surface area contributed by atoms with Crippen LogP contribution in [-0.2, 0) is 13.1 Å². The molecule has 2 aromatic rings. The number of nitrogens with zero attached hydrogens (tertiary/aromatic N) is 1. The van der Waals surface area contributed by atoms with Crippen molar-refractivity contribution < 1.29 is 23.8 Å². The van der Waals surface area contributed by atoms with Crippen LogP contribution in [0.15, 0.2) is 30.3 Å². The highest BCUT2D eigenvalue weighted by Gasteiger charge is 2.31. The Labute approximate surface area is 118 Å². The largest absolute Gasteiger partial charge is 0.504 e. The highest BCUT2D eigenvalue weighted by Crippen LogP contribution is 2.37. The Morgan fingerprint density at radius 3 is 2.62 bits per heavy atom. The quantitative estimate of drug-likeness (QED) is 0.836. The van der Waals surface area contributed by atoms with Gasteiger partial charge in [0.15, 0.2) is 11.5 Å². The number of benzene rings is 2. The van der Waals surface area contributed by atoms with Crippen molar-refractivity contribution in [3.05, 3.63) is 58.7 Å². The zero-order valence-corrected chi connectivity index (χ0v) is 10.8. The molecule has 0 saturated heterocycles. The summed E-state index contributed by atoms with van der Waals surface area (Å²) in [5.41, 5.74) is 0.761. The molecule has 1 heterocycles. The first-order valence-corrected chi connectivity index (χ1v) is 6.24. The second kappa shape index (κ2) is 4.73. The third-order valence-electron chi connectivity index (χ3n) is 3.50. The minimum Gasteiger partial charge on any atom is -0.504 e. The Balaban J connectivity index is 1.90. The van der Waals surface area contributed by atoms with E-state index in [0.29, 0.717) is 5.56 Å². The Bertz CT molecular complexity index is 746. The van der Waals surface area contributed by atoms with Crippen molar-refractivity contribution in [1.29, 1.82) is 0 Å². The van der Waals surface area contributed by atoms with Gasteiger partial charge in [-0.2, -0.15) is 0 Å². The van der Waals surface area contributed by atoms with Crippen molar-refractivity contribution in [2.75, 3.05) is 0 Å². The number of rotatable bonds is 2. The smallest absolute Gasteiger partial charge is 0.254 e. The molecular formula is C15H11F2NO3. The SMILES string of the molecule is O=C1c2ccc(O)c(O)c2CN1Cc1ccc(F)cc1F. The average Bonchev–Trinajstić information content (AvgIpc) is 2.75. The number of hydrogen-bond acceptors (Lipinski definition) is 3. The topological polar surface area (TPSA) is 60.8 Å². The maximum Gasteiger partial charge on any atom is 0.254 e. The van der Waals surface area contributed by atoms with Gasteiger partial charge in [0.05, 0.1) is 6.54 Å². The minimum absolute atomic E-state index is 0.0418. The first kappa shape index (κ1) is 13.4. The summed E-state index contributed by atoms with van der Waals surface area (Å²) in [6.07, 6.45) is 0. The molecular weight excluding hydrogens is 280 g/mol. The first-order chi connectivity index (χ1) is 9.97. The van der Waals surface area contributed by atoms with E-state index in [1.807, 2.05) is 0 Å². The van der Waals surface area contributed by atoms with Crippen LogP contribution in [0.5, 0.6) is 11.5 Å². The van der Waals surface area contributed by atoms with E-state index in [0.717, 1.165) is 12.1 Å². The minimum atomic E-state index is -0.731. The maximum absolute atomic E-state index is 13.6. The van der Waals surface area contributed by atoms with Gasteiger partial charge >= 0.3 is 0 Å². The predicted molar refractivity (Wildman–Crippen MR) is 69.7 cm³/mol. The third-order valence-corrected chi connectivity index (χ3v) is 3.50. The zero-order chi connectivity index (χ0) is 15.1. The van der Waals surface area contributed by atoms with Gasteiger partial charge < -0.3 is 15.1 Å². The van der Waals surface area contributed by atoms with Crippen molar-refractivity contribution in [3.8, 4) is 11.5 Å². The van der Waals surface area contributed by atoms with Crippen molar-refractivity contribution in [3.63, 3.8) is 0 Å². The predicted octanol–water partition coefficient (Wildman–Crippen LogP) is 2.53. The number of carbonyl (C=O) groups excluding carboxylic acids is 1. The summed E-state index contributed by atoms with van der Waals surface area (Å²) in [7, 11) is 0. The van der Waals surface area contributed by atoms with Crippen LogP contribution in [0.1, 0.15) is 21.5 Å². The van der Waals surface area contributed by atoms with Gasteiger partial charge in [-0.15, -0.1) is 0 Å². The molecule has 1 amide bonds. The molecule has 0 spiro atoms. The molecule has 0 aromatic heterocycles. The fourth-order valence-corrected chi connectivity index (χ4v) is 2.40. The van der Waals surface area contributed by atoms with Gasteiger partial charge in [0.1, 0.15) is 11.6 Å². The van der Waals surface area contributed by atoms with E-state index in [2.05, 4.69) is 0 Å². The van der Waals surface area contributed by atoms with E-state index in [1.54, 1.807) is 0 Å². The van der Waals surface area contributed by atoms with Crippen LogP contribution in [0, 0.1) is 11.6 Å². The number of phenols is 2. The van der Waals surface area contributed by atoms with E-state index in [9.17, 15) is 23.8 Å². The second-order valence-electron chi connectivity index (χ2n) is 4.86. The molecule has 0 unspecified atom stereocenters. The van der Waals surface area contributed by atoms with Gasteiger partial charge in [-0.05, 0) is 18.2 Å². The highest BCUT2D eigenvalue weighted by atomic mass is 19.1. The summed E-state index contributed by atoms with van der Waals surface area (Å²) in [5, 5.41) is 19.2.